The number of benzene rings is 1. The van der Waals surface area contributed by atoms with Gasteiger partial charge in [-0.1, -0.05) is 18.9 Å². The molecule has 0 radical (unpaired) electrons. The van der Waals surface area contributed by atoms with Crippen LogP contribution in [0.1, 0.15) is 41.6 Å². The van der Waals surface area contributed by atoms with E-state index in [9.17, 15) is 4.79 Å². The van der Waals surface area contributed by atoms with Gasteiger partial charge in [-0.2, -0.15) is 0 Å². The van der Waals surface area contributed by atoms with Crippen molar-refractivity contribution in [3.05, 3.63) is 33.8 Å². The highest BCUT2D eigenvalue weighted by atomic mass is 79.9. The molecule has 1 N–H and O–H groups in total. The lowest BCUT2D eigenvalue weighted by atomic mass is 10.1. The molecule has 0 saturated heterocycles. The Morgan fingerprint density at radius 3 is 2.84 bits per heavy atom. The second-order valence-electron chi connectivity index (χ2n) is 5.02. The number of halogens is 1. The highest BCUT2D eigenvalue weighted by Gasteiger charge is 2.15. The van der Waals surface area contributed by atoms with E-state index in [1.807, 2.05) is 25.1 Å². The summed E-state index contributed by atoms with van der Waals surface area (Å²) in [7, 11) is 0. The van der Waals surface area contributed by atoms with E-state index in [1.165, 1.54) is 12.8 Å². The fourth-order valence-corrected chi connectivity index (χ4v) is 3.02. The number of hydrogen-bond donors (Lipinski definition) is 1. The van der Waals surface area contributed by atoms with Crippen molar-refractivity contribution >= 4 is 21.8 Å². The fourth-order valence-electron chi connectivity index (χ4n) is 2.34. The highest BCUT2D eigenvalue weighted by molar-refractivity contribution is 9.10. The Morgan fingerprint density at radius 1 is 1.42 bits per heavy atom. The average molecular weight is 326 g/mol. The van der Waals surface area contributed by atoms with Gasteiger partial charge in [-0.05, 0) is 53.4 Å². The minimum Gasteiger partial charge on any atom is -0.376 e. The topological polar surface area (TPSA) is 38.3 Å². The van der Waals surface area contributed by atoms with Gasteiger partial charge in [-0.15, -0.1) is 0 Å². The van der Waals surface area contributed by atoms with E-state index in [1.54, 1.807) is 0 Å². The molecule has 0 spiro atoms. The summed E-state index contributed by atoms with van der Waals surface area (Å²) in [5, 5.41) is 2.89. The van der Waals surface area contributed by atoms with E-state index in [0.717, 1.165) is 22.9 Å². The molecule has 0 heterocycles. The van der Waals surface area contributed by atoms with E-state index >= 15 is 0 Å². The first-order valence-electron chi connectivity index (χ1n) is 6.83. The van der Waals surface area contributed by atoms with Crippen LogP contribution in [-0.4, -0.2) is 25.2 Å². The number of nitrogens with one attached hydrogen (secondary N) is 1. The van der Waals surface area contributed by atoms with Crippen molar-refractivity contribution < 1.29 is 9.53 Å². The minimum atomic E-state index is -0.0538. The first-order chi connectivity index (χ1) is 9.16. The monoisotopic (exact) mass is 325 g/mol. The first kappa shape index (κ1) is 14.5. The lowest BCUT2D eigenvalue weighted by Crippen LogP contribution is -2.28. The molecular weight excluding hydrogens is 306 g/mol. The lowest BCUT2D eigenvalue weighted by Gasteiger charge is -2.12. The number of carbonyl (C=O) groups excluding carboxylic acids is 1. The van der Waals surface area contributed by atoms with Crippen LogP contribution in [0.5, 0.6) is 0 Å². The van der Waals surface area contributed by atoms with Crippen molar-refractivity contribution in [1.29, 1.82) is 0 Å². The number of carbonyl (C=O) groups is 1. The number of ether oxygens (including phenoxy) is 1. The molecule has 1 amide bonds. The van der Waals surface area contributed by atoms with Crippen LogP contribution in [-0.2, 0) is 4.74 Å². The molecule has 104 valence electrons. The number of aryl methyl sites for hydroxylation is 1. The molecule has 0 aromatic heterocycles. The smallest absolute Gasteiger partial charge is 0.252 e. The van der Waals surface area contributed by atoms with Crippen LogP contribution in [0.15, 0.2) is 22.7 Å². The molecule has 19 heavy (non-hydrogen) atoms. The number of hydrogen-bond acceptors (Lipinski definition) is 2. The zero-order valence-corrected chi connectivity index (χ0v) is 12.8. The van der Waals surface area contributed by atoms with Crippen LogP contribution < -0.4 is 5.32 Å². The summed E-state index contributed by atoms with van der Waals surface area (Å²) >= 11 is 3.42. The summed E-state index contributed by atoms with van der Waals surface area (Å²) in [4.78, 5) is 12.0. The van der Waals surface area contributed by atoms with Gasteiger partial charge in [0.1, 0.15) is 0 Å². The fraction of sp³-hybridized carbons (Fsp3) is 0.533. The third-order valence-corrected chi connectivity index (χ3v) is 4.07. The van der Waals surface area contributed by atoms with Gasteiger partial charge in [0.25, 0.3) is 5.91 Å². The predicted octanol–water partition coefficient (Wildman–Crippen LogP) is 3.45. The number of rotatable bonds is 5. The average Bonchev–Trinajstić information content (AvgIpc) is 2.87. The maximum atomic E-state index is 12.0. The molecule has 3 nitrogen and oxygen atoms in total. The number of amides is 1. The maximum Gasteiger partial charge on any atom is 0.252 e. The lowest BCUT2D eigenvalue weighted by molar-refractivity contribution is 0.0581. The first-order valence-corrected chi connectivity index (χ1v) is 7.62. The molecule has 1 aromatic rings. The summed E-state index contributed by atoms with van der Waals surface area (Å²) < 4.78 is 6.55. The van der Waals surface area contributed by atoms with Crippen molar-refractivity contribution in [2.45, 2.75) is 38.7 Å². The summed E-state index contributed by atoms with van der Waals surface area (Å²) in [5.74, 6) is -0.0538. The van der Waals surface area contributed by atoms with Gasteiger partial charge in [-0.25, -0.2) is 0 Å². The Hall–Kier alpha value is -0.870. The van der Waals surface area contributed by atoms with E-state index in [2.05, 4.69) is 21.2 Å². The Labute approximate surface area is 122 Å². The zero-order valence-electron chi connectivity index (χ0n) is 11.2. The third-order valence-electron chi connectivity index (χ3n) is 3.41. The van der Waals surface area contributed by atoms with Gasteiger partial charge in [0.15, 0.2) is 0 Å². The van der Waals surface area contributed by atoms with Crippen LogP contribution in [0.4, 0.5) is 0 Å². The molecular formula is C15H20BrNO2. The second-order valence-corrected chi connectivity index (χ2v) is 5.87. The molecule has 0 atom stereocenters. The molecule has 1 aromatic carbocycles. The van der Waals surface area contributed by atoms with Crippen molar-refractivity contribution in [2.75, 3.05) is 13.2 Å². The van der Waals surface area contributed by atoms with Gasteiger partial charge in [0, 0.05) is 11.0 Å². The van der Waals surface area contributed by atoms with Crippen LogP contribution >= 0.6 is 15.9 Å². The van der Waals surface area contributed by atoms with Gasteiger partial charge < -0.3 is 10.1 Å². The van der Waals surface area contributed by atoms with Crippen molar-refractivity contribution in [3.8, 4) is 0 Å². The molecule has 1 fully saturated rings. The predicted molar refractivity (Wildman–Crippen MR) is 79.4 cm³/mol. The van der Waals surface area contributed by atoms with Crippen molar-refractivity contribution in [2.24, 2.45) is 0 Å². The summed E-state index contributed by atoms with van der Waals surface area (Å²) in [6.45, 7) is 3.16. The normalized spacial score (nSPS) is 15.7. The molecule has 1 saturated carbocycles. The van der Waals surface area contributed by atoms with Crippen molar-refractivity contribution in [3.63, 3.8) is 0 Å². The Morgan fingerprint density at radius 2 is 2.16 bits per heavy atom. The molecule has 1 aliphatic rings. The minimum absolute atomic E-state index is 0.0538. The standard InChI is InChI=1S/C15H20BrNO2/c1-11-6-7-13(14(16)10-11)15(18)17-8-9-19-12-4-2-3-5-12/h6-7,10,12H,2-5,8-9H2,1H3,(H,17,18). The Bertz CT molecular complexity index is 442. The molecule has 0 bridgehead atoms. The molecule has 4 heteroatoms. The third kappa shape index (κ3) is 4.32. The van der Waals surface area contributed by atoms with E-state index in [-0.39, 0.29) is 5.91 Å². The maximum absolute atomic E-state index is 12.0. The largest absolute Gasteiger partial charge is 0.376 e. The summed E-state index contributed by atoms with van der Waals surface area (Å²) in [6, 6.07) is 5.73. The highest BCUT2D eigenvalue weighted by Crippen LogP contribution is 2.20. The van der Waals surface area contributed by atoms with Gasteiger partial charge >= 0.3 is 0 Å². The Kier molecular flexibility index (Phi) is 5.40. The molecule has 2 rings (SSSR count). The molecule has 0 aliphatic heterocycles. The van der Waals surface area contributed by atoms with E-state index in [4.69, 9.17) is 4.74 Å². The second kappa shape index (κ2) is 7.06. The van der Waals surface area contributed by atoms with Crippen LogP contribution in [0, 0.1) is 6.92 Å². The molecule has 1 aliphatic carbocycles. The van der Waals surface area contributed by atoms with Gasteiger partial charge in [0.05, 0.1) is 18.3 Å². The quantitative estimate of drug-likeness (QED) is 0.842. The van der Waals surface area contributed by atoms with Crippen LogP contribution in [0.2, 0.25) is 0 Å². The van der Waals surface area contributed by atoms with Crippen LogP contribution in [0.3, 0.4) is 0 Å². The van der Waals surface area contributed by atoms with Gasteiger partial charge in [-0.3, -0.25) is 4.79 Å². The van der Waals surface area contributed by atoms with Gasteiger partial charge in [0.2, 0.25) is 0 Å². The zero-order chi connectivity index (χ0) is 13.7. The molecule has 0 unspecified atom stereocenters. The summed E-state index contributed by atoms with van der Waals surface area (Å²) in [6.07, 6.45) is 5.28. The van der Waals surface area contributed by atoms with Crippen LogP contribution in [0.25, 0.3) is 0 Å². The summed E-state index contributed by atoms with van der Waals surface area (Å²) in [5.41, 5.74) is 1.81. The Balaban J connectivity index is 1.74. The van der Waals surface area contributed by atoms with Crippen molar-refractivity contribution in [1.82, 2.24) is 5.32 Å². The SMILES string of the molecule is Cc1ccc(C(=O)NCCOC2CCCC2)c(Br)c1. The van der Waals surface area contributed by atoms with E-state index in [0.29, 0.717) is 24.8 Å². The van der Waals surface area contributed by atoms with E-state index < -0.39 is 0 Å².